The van der Waals surface area contributed by atoms with Crippen LogP contribution in [0.1, 0.15) is 79.7 Å². The third kappa shape index (κ3) is 6.92. The topological polar surface area (TPSA) is 116 Å². The second-order valence-corrected chi connectivity index (χ2v) is 9.85. The fraction of sp³-hybridized carbons (Fsp3) is 0.333. The summed E-state index contributed by atoms with van der Waals surface area (Å²) < 4.78 is 12.4. The van der Waals surface area contributed by atoms with Crippen molar-refractivity contribution in [2.45, 2.75) is 66.4 Å². The molecule has 0 radical (unpaired) electrons. The number of carbonyl (C=O) groups excluding carboxylic acids is 3. The molecule has 0 bridgehead atoms. The Balaban J connectivity index is 1.70. The minimum Gasteiger partial charge on any atom is -0.441 e. The van der Waals surface area contributed by atoms with Crippen LogP contribution in [0, 0.1) is 0 Å². The average molecular weight is 573 g/mol. The summed E-state index contributed by atoms with van der Waals surface area (Å²) in [5, 5.41) is 15.2. The van der Waals surface area contributed by atoms with Gasteiger partial charge < -0.3 is 24.0 Å². The van der Waals surface area contributed by atoms with Gasteiger partial charge in [0.1, 0.15) is 11.5 Å². The Bertz CT molecular complexity index is 1620. The van der Waals surface area contributed by atoms with Crippen LogP contribution in [0.4, 0.5) is 0 Å². The van der Waals surface area contributed by atoms with Gasteiger partial charge in [-0.15, -0.1) is 0 Å². The van der Waals surface area contributed by atoms with E-state index in [2.05, 4.69) is 16.6 Å². The van der Waals surface area contributed by atoms with Gasteiger partial charge in [0.2, 0.25) is 5.78 Å². The maximum Gasteiger partial charge on any atom is 0.331 e. The minimum atomic E-state index is -1.38. The van der Waals surface area contributed by atoms with Gasteiger partial charge in [-0.25, -0.2) is 4.79 Å². The second kappa shape index (κ2) is 14.0. The van der Waals surface area contributed by atoms with E-state index >= 15 is 0 Å². The van der Waals surface area contributed by atoms with Crippen molar-refractivity contribution in [2.24, 2.45) is 5.16 Å². The largest absolute Gasteiger partial charge is 0.441 e. The van der Waals surface area contributed by atoms with Crippen LogP contribution < -0.4 is 4.74 Å². The number of hydrogen-bond acceptors (Lipinski definition) is 8. The highest BCUT2D eigenvalue weighted by Gasteiger charge is 2.20. The number of fused-ring (bicyclic) bond motifs is 3. The number of nitrogens with zero attached hydrogens (tertiary/aromatic N) is 2. The zero-order valence-corrected chi connectivity index (χ0v) is 24.4. The molecular formula is C33H36N2O7. The van der Waals surface area contributed by atoms with E-state index in [0.717, 1.165) is 41.1 Å². The molecule has 1 heterocycles. The van der Waals surface area contributed by atoms with Crippen molar-refractivity contribution in [3.05, 3.63) is 77.4 Å². The monoisotopic (exact) mass is 572 g/mol. The Kier molecular flexibility index (Phi) is 10.2. The van der Waals surface area contributed by atoms with Gasteiger partial charge in [0.05, 0.1) is 6.61 Å². The molecule has 4 rings (SSSR count). The van der Waals surface area contributed by atoms with E-state index in [-0.39, 0.29) is 17.3 Å². The summed E-state index contributed by atoms with van der Waals surface area (Å²) in [5.74, 6) is -0.682. The highest BCUT2D eigenvalue weighted by molar-refractivity contribution is 6.46. The first-order valence-corrected chi connectivity index (χ1v) is 14.2. The molecule has 1 atom stereocenters. The quantitative estimate of drug-likeness (QED) is 0.0463. The van der Waals surface area contributed by atoms with Gasteiger partial charge in [-0.05, 0) is 87.4 Å². The van der Waals surface area contributed by atoms with Gasteiger partial charge in [0.25, 0.3) is 0 Å². The number of ketones is 2. The molecular weight excluding hydrogens is 536 g/mol. The zero-order chi connectivity index (χ0) is 30.2. The van der Waals surface area contributed by atoms with Crippen molar-refractivity contribution < 1.29 is 33.8 Å². The van der Waals surface area contributed by atoms with E-state index in [9.17, 15) is 19.5 Å². The molecule has 0 aliphatic heterocycles. The number of aliphatic hydroxyl groups is 1. The molecule has 1 aromatic heterocycles. The predicted octanol–water partition coefficient (Wildman–Crippen LogP) is 6.42. The number of unbranched alkanes of at least 4 members (excludes halogenated alkanes) is 2. The molecule has 4 aromatic rings. The lowest BCUT2D eigenvalue weighted by atomic mass is 9.98. The number of hydrogen-bond donors (Lipinski definition) is 1. The standard InChI is InChI=1S/C33H36N2O7/c1-5-8-9-10-28(34-42-21(4)36)32(38)24-14-18-30-27(20-24)26-19-23(13-17-29(26)35(30)6-2)31(37)22-11-15-25(16-12-22)41-33(39)40-7-3/h11-20,33,39H,5-10H2,1-4H3/b34-28+. The summed E-state index contributed by atoms with van der Waals surface area (Å²) in [6.45, 7) is 6.72. The average Bonchev–Trinajstić information content (AvgIpc) is 3.30. The van der Waals surface area contributed by atoms with Gasteiger partial charge in [0.15, 0.2) is 5.78 Å². The molecule has 1 N–H and O–H groups in total. The molecule has 0 saturated carbocycles. The van der Waals surface area contributed by atoms with E-state index in [1.54, 1.807) is 43.3 Å². The minimum absolute atomic E-state index is 0.176. The molecule has 9 nitrogen and oxygen atoms in total. The van der Waals surface area contributed by atoms with E-state index in [4.69, 9.17) is 14.3 Å². The zero-order valence-electron chi connectivity index (χ0n) is 24.4. The number of carbonyl (C=O) groups is 3. The van der Waals surface area contributed by atoms with Crippen LogP contribution in [0.15, 0.2) is 65.8 Å². The number of aliphatic hydroxyl groups excluding tert-OH is 1. The lowest BCUT2D eigenvalue weighted by Crippen LogP contribution is -2.19. The van der Waals surface area contributed by atoms with E-state index < -0.39 is 12.4 Å². The number of aromatic nitrogens is 1. The molecule has 3 aromatic carbocycles. The van der Waals surface area contributed by atoms with Crippen LogP contribution in [-0.2, 0) is 20.9 Å². The van der Waals surface area contributed by atoms with E-state index in [1.807, 2.05) is 31.2 Å². The Morgan fingerprint density at radius 1 is 0.857 bits per heavy atom. The van der Waals surface area contributed by atoms with Gasteiger partial charge in [-0.3, -0.25) is 9.59 Å². The van der Waals surface area contributed by atoms with Crippen molar-refractivity contribution in [3.8, 4) is 5.75 Å². The number of aryl methyl sites for hydroxylation is 1. The van der Waals surface area contributed by atoms with Gasteiger partial charge in [0, 0.05) is 52.0 Å². The molecule has 1 unspecified atom stereocenters. The van der Waals surface area contributed by atoms with Crippen LogP contribution >= 0.6 is 0 Å². The highest BCUT2D eigenvalue weighted by atomic mass is 16.8. The van der Waals surface area contributed by atoms with Gasteiger partial charge in [-0.1, -0.05) is 24.9 Å². The van der Waals surface area contributed by atoms with Gasteiger partial charge in [-0.2, -0.15) is 0 Å². The second-order valence-electron chi connectivity index (χ2n) is 9.85. The first-order chi connectivity index (χ1) is 20.3. The first-order valence-electron chi connectivity index (χ1n) is 14.2. The number of ether oxygens (including phenoxy) is 2. The van der Waals surface area contributed by atoms with Crippen molar-refractivity contribution in [1.29, 1.82) is 0 Å². The summed E-state index contributed by atoms with van der Waals surface area (Å²) >= 11 is 0. The molecule has 0 amide bonds. The maximum absolute atomic E-state index is 13.5. The van der Waals surface area contributed by atoms with Crippen molar-refractivity contribution in [3.63, 3.8) is 0 Å². The van der Waals surface area contributed by atoms with Gasteiger partial charge >= 0.3 is 12.4 Å². The summed E-state index contributed by atoms with van der Waals surface area (Å²) in [6.07, 6.45) is 3.07. The van der Waals surface area contributed by atoms with Crippen molar-refractivity contribution in [2.75, 3.05) is 6.61 Å². The number of rotatable bonds is 14. The number of oxime groups is 1. The molecule has 9 heteroatoms. The lowest BCUT2D eigenvalue weighted by molar-refractivity contribution is -0.213. The highest BCUT2D eigenvalue weighted by Crippen LogP contribution is 2.32. The number of Topliss-reactive ketones (excluding diaryl/α,β-unsaturated/α-hetero) is 1. The molecule has 0 aliphatic carbocycles. The van der Waals surface area contributed by atoms with E-state index in [1.165, 1.54) is 6.92 Å². The van der Waals surface area contributed by atoms with E-state index in [0.29, 0.717) is 42.0 Å². The first kappa shape index (κ1) is 30.6. The molecule has 0 saturated heterocycles. The smallest absolute Gasteiger partial charge is 0.331 e. The summed E-state index contributed by atoms with van der Waals surface area (Å²) in [4.78, 5) is 43.1. The fourth-order valence-electron chi connectivity index (χ4n) is 4.90. The molecule has 42 heavy (non-hydrogen) atoms. The molecule has 0 aliphatic rings. The Morgan fingerprint density at radius 3 is 2.07 bits per heavy atom. The summed E-state index contributed by atoms with van der Waals surface area (Å²) in [7, 11) is 0. The van der Waals surface area contributed by atoms with Crippen LogP contribution in [0.3, 0.4) is 0 Å². The van der Waals surface area contributed by atoms with Crippen molar-refractivity contribution >= 4 is 45.1 Å². The third-order valence-corrected chi connectivity index (χ3v) is 6.93. The summed E-state index contributed by atoms with van der Waals surface area (Å²) in [6, 6.07) is 17.5. The van der Waals surface area contributed by atoms with Crippen LogP contribution in [0.2, 0.25) is 0 Å². The maximum atomic E-state index is 13.5. The van der Waals surface area contributed by atoms with Crippen LogP contribution in [0.5, 0.6) is 5.75 Å². The molecule has 0 spiro atoms. The lowest BCUT2D eigenvalue weighted by Gasteiger charge is -2.12. The third-order valence-electron chi connectivity index (χ3n) is 6.93. The Morgan fingerprint density at radius 2 is 1.48 bits per heavy atom. The fourth-order valence-corrected chi connectivity index (χ4v) is 4.90. The summed E-state index contributed by atoms with van der Waals surface area (Å²) in [5.41, 5.74) is 3.47. The van der Waals surface area contributed by atoms with Crippen LogP contribution in [-0.4, -0.2) is 46.0 Å². The number of benzene rings is 3. The molecule has 220 valence electrons. The normalized spacial score (nSPS) is 12.5. The van der Waals surface area contributed by atoms with Crippen molar-refractivity contribution in [1.82, 2.24) is 4.57 Å². The molecule has 0 fully saturated rings. The SMILES string of the molecule is CCCCC/C(=N\OC(C)=O)C(=O)c1ccc2c(c1)c1cc(C(=O)c3ccc(OC(O)OCC)cc3)ccc1n2CC. The van der Waals surface area contributed by atoms with Crippen LogP contribution in [0.25, 0.3) is 21.8 Å². The Hall–Kier alpha value is -4.34. The predicted molar refractivity (Wildman–Crippen MR) is 161 cm³/mol. The Labute approximate surface area is 244 Å².